The molecule has 2 atom stereocenters. The molecule has 2 aliphatic heterocycles. The number of aryl methyl sites for hydroxylation is 1. The molecule has 132 valence electrons. The number of benzene rings is 1. The lowest BCUT2D eigenvalue weighted by molar-refractivity contribution is -0.385. The Morgan fingerprint density at radius 2 is 2.17 bits per heavy atom. The van der Waals surface area contributed by atoms with Gasteiger partial charge in [0.25, 0.3) is 5.69 Å². The fraction of sp³-hybridized carbons (Fsp3) is 0.600. The van der Waals surface area contributed by atoms with E-state index in [9.17, 15) is 18.5 Å². The Morgan fingerprint density at radius 1 is 1.38 bits per heavy atom. The minimum atomic E-state index is -3.83. The number of nitro benzene ring substituents is 1. The van der Waals surface area contributed by atoms with Crippen LogP contribution in [0.5, 0.6) is 0 Å². The molecule has 0 saturated carbocycles. The van der Waals surface area contributed by atoms with Crippen LogP contribution < -0.4 is 4.72 Å². The molecule has 0 radical (unpaired) electrons. The van der Waals surface area contributed by atoms with Crippen LogP contribution in [0.3, 0.4) is 0 Å². The number of hydrogen-bond acceptors (Lipinski definition) is 6. The van der Waals surface area contributed by atoms with Crippen LogP contribution in [-0.2, 0) is 19.5 Å². The number of rotatable bonds is 4. The van der Waals surface area contributed by atoms with E-state index >= 15 is 0 Å². The minimum Gasteiger partial charge on any atom is -0.378 e. The zero-order valence-corrected chi connectivity index (χ0v) is 14.2. The third kappa shape index (κ3) is 3.44. The maximum Gasteiger partial charge on any atom is 0.273 e. The summed E-state index contributed by atoms with van der Waals surface area (Å²) in [7, 11) is -3.83. The third-order valence-electron chi connectivity index (χ3n) is 4.57. The van der Waals surface area contributed by atoms with Crippen molar-refractivity contribution in [1.82, 2.24) is 4.72 Å². The Bertz CT molecular complexity index is 742. The Balaban J connectivity index is 1.78. The summed E-state index contributed by atoms with van der Waals surface area (Å²) < 4.78 is 39.0. The molecular weight excluding hydrogens is 336 g/mol. The Kier molecular flexibility index (Phi) is 4.60. The topological polar surface area (TPSA) is 108 Å². The van der Waals surface area contributed by atoms with Crippen LogP contribution in [0.15, 0.2) is 23.1 Å². The van der Waals surface area contributed by atoms with Crippen molar-refractivity contribution in [3.8, 4) is 0 Å². The second-order valence-electron chi connectivity index (χ2n) is 6.35. The molecule has 9 heteroatoms. The van der Waals surface area contributed by atoms with Gasteiger partial charge in [-0.05, 0) is 25.8 Å². The van der Waals surface area contributed by atoms with Crippen LogP contribution in [-0.4, -0.2) is 44.8 Å². The van der Waals surface area contributed by atoms with Gasteiger partial charge in [-0.3, -0.25) is 10.1 Å². The lowest BCUT2D eigenvalue weighted by Crippen LogP contribution is -2.48. The first-order valence-corrected chi connectivity index (χ1v) is 9.29. The van der Waals surface area contributed by atoms with Crippen LogP contribution in [0.4, 0.5) is 5.69 Å². The predicted molar refractivity (Wildman–Crippen MR) is 85.3 cm³/mol. The predicted octanol–water partition coefficient (Wildman–Crippen LogP) is 1.52. The van der Waals surface area contributed by atoms with Crippen molar-refractivity contribution in [3.63, 3.8) is 0 Å². The number of nitrogens with zero attached hydrogens (tertiary/aromatic N) is 1. The first-order valence-electron chi connectivity index (χ1n) is 7.80. The average Bonchev–Trinajstić information content (AvgIpc) is 2.94. The van der Waals surface area contributed by atoms with Crippen LogP contribution in [0.25, 0.3) is 0 Å². The fourth-order valence-electron chi connectivity index (χ4n) is 3.23. The van der Waals surface area contributed by atoms with E-state index < -0.39 is 20.5 Å². The molecule has 8 nitrogen and oxygen atoms in total. The second kappa shape index (κ2) is 6.40. The molecule has 0 unspecified atom stereocenters. The van der Waals surface area contributed by atoms with Crippen molar-refractivity contribution in [3.05, 3.63) is 33.9 Å². The summed E-state index contributed by atoms with van der Waals surface area (Å²) >= 11 is 0. The number of ether oxygens (including phenoxy) is 2. The van der Waals surface area contributed by atoms with Crippen molar-refractivity contribution in [2.75, 3.05) is 19.8 Å². The molecule has 0 aromatic heterocycles. The summed E-state index contributed by atoms with van der Waals surface area (Å²) in [4.78, 5) is 10.4. The molecule has 24 heavy (non-hydrogen) atoms. The summed E-state index contributed by atoms with van der Waals surface area (Å²) in [5.74, 6) is 0. The Hall–Kier alpha value is -1.55. The van der Waals surface area contributed by atoms with Crippen molar-refractivity contribution < 1.29 is 22.8 Å². The summed E-state index contributed by atoms with van der Waals surface area (Å²) in [6, 6.07) is 3.66. The van der Waals surface area contributed by atoms with Gasteiger partial charge in [0, 0.05) is 37.3 Å². The molecule has 2 saturated heterocycles. The second-order valence-corrected chi connectivity index (χ2v) is 8.06. The molecule has 0 aliphatic carbocycles. The van der Waals surface area contributed by atoms with Gasteiger partial charge in [-0.15, -0.1) is 0 Å². The van der Waals surface area contributed by atoms with E-state index in [-0.39, 0.29) is 16.6 Å². The minimum absolute atomic E-state index is 0.0944. The fourth-order valence-corrected chi connectivity index (χ4v) is 4.52. The van der Waals surface area contributed by atoms with Gasteiger partial charge in [-0.25, -0.2) is 13.1 Å². The molecule has 0 amide bonds. The number of hydrogen-bond donors (Lipinski definition) is 1. The highest BCUT2D eigenvalue weighted by Gasteiger charge is 2.42. The van der Waals surface area contributed by atoms with E-state index in [4.69, 9.17) is 9.47 Å². The van der Waals surface area contributed by atoms with Gasteiger partial charge in [0.05, 0.1) is 22.0 Å². The Morgan fingerprint density at radius 3 is 2.83 bits per heavy atom. The SMILES string of the molecule is Cc1ccc(S(=O)(=O)N[C@@H]2CCO[C@]3(CCOC3)C2)cc1[N+](=O)[O-]. The molecule has 2 fully saturated rings. The molecule has 1 spiro atoms. The molecule has 1 aromatic rings. The monoisotopic (exact) mass is 356 g/mol. The van der Waals surface area contributed by atoms with Gasteiger partial charge in [-0.1, -0.05) is 6.07 Å². The molecule has 2 aliphatic rings. The van der Waals surface area contributed by atoms with Gasteiger partial charge in [0.15, 0.2) is 0 Å². The van der Waals surface area contributed by atoms with Crippen LogP contribution in [0.1, 0.15) is 24.8 Å². The summed E-state index contributed by atoms with van der Waals surface area (Å²) in [6.07, 6.45) is 1.86. The van der Waals surface area contributed by atoms with E-state index in [0.717, 1.165) is 12.5 Å². The maximum absolute atomic E-state index is 12.6. The number of nitro groups is 1. The number of sulfonamides is 1. The third-order valence-corrected chi connectivity index (χ3v) is 6.09. The summed E-state index contributed by atoms with van der Waals surface area (Å²) in [5.41, 5.74) is -0.192. The number of nitrogens with one attached hydrogen (secondary N) is 1. The van der Waals surface area contributed by atoms with Gasteiger partial charge in [0.1, 0.15) is 0 Å². The zero-order chi connectivity index (χ0) is 17.4. The summed E-state index contributed by atoms with van der Waals surface area (Å²) in [5, 5.41) is 11.0. The van der Waals surface area contributed by atoms with Gasteiger partial charge in [0.2, 0.25) is 10.0 Å². The molecule has 0 bridgehead atoms. The van der Waals surface area contributed by atoms with E-state index in [1.807, 2.05) is 0 Å². The van der Waals surface area contributed by atoms with E-state index in [0.29, 0.717) is 38.2 Å². The van der Waals surface area contributed by atoms with Crippen LogP contribution in [0, 0.1) is 17.0 Å². The normalized spacial score (nSPS) is 27.5. The first kappa shape index (κ1) is 17.3. The summed E-state index contributed by atoms with van der Waals surface area (Å²) in [6.45, 7) is 3.12. The molecule has 3 rings (SSSR count). The highest BCUT2D eigenvalue weighted by molar-refractivity contribution is 7.89. The van der Waals surface area contributed by atoms with Gasteiger partial charge >= 0.3 is 0 Å². The standard InChI is InChI=1S/C15H20N2O6S/c1-11-2-3-13(8-14(11)17(18)19)24(20,21)16-12-4-6-23-15(9-12)5-7-22-10-15/h2-3,8,12,16H,4-7,9-10H2,1H3/t12-,15-/m1/s1. The molecule has 2 heterocycles. The largest absolute Gasteiger partial charge is 0.378 e. The highest BCUT2D eigenvalue weighted by Crippen LogP contribution is 2.33. The first-order chi connectivity index (χ1) is 11.3. The highest BCUT2D eigenvalue weighted by atomic mass is 32.2. The van der Waals surface area contributed by atoms with E-state index in [1.165, 1.54) is 12.1 Å². The van der Waals surface area contributed by atoms with Crippen molar-refractivity contribution >= 4 is 15.7 Å². The smallest absolute Gasteiger partial charge is 0.273 e. The molecule has 1 aromatic carbocycles. The van der Waals surface area contributed by atoms with Crippen molar-refractivity contribution in [2.45, 2.75) is 42.7 Å². The Labute approximate surface area is 140 Å². The maximum atomic E-state index is 12.6. The average molecular weight is 356 g/mol. The van der Waals surface area contributed by atoms with Crippen LogP contribution >= 0.6 is 0 Å². The molecule has 1 N–H and O–H groups in total. The zero-order valence-electron chi connectivity index (χ0n) is 13.4. The van der Waals surface area contributed by atoms with E-state index in [2.05, 4.69) is 4.72 Å². The molecular formula is C15H20N2O6S. The lowest BCUT2D eigenvalue weighted by atomic mass is 9.90. The van der Waals surface area contributed by atoms with Crippen molar-refractivity contribution in [1.29, 1.82) is 0 Å². The quantitative estimate of drug-likeness (QED) is 0.647. The van der Waals surface area contributed by atoms with Gasteiger partial charge in [-0.2, -0.15) is 0 Å². The van der Waals surface area contributed by atoms with Gasteiger partial charge < -0.3 is 9.47 Å². The van der Waals surface area contributed by atoms with Crippen LogP contribution in [0.2, 0.25) is 0 Å². The lowest BCUT2D eigenvalue weighted by Gasteiger charge is -2.37. The van der Waals surface area contributed by atoms with E-state index in [1.54, 1.807) is 6.92 Å². The van der Waals surface area contributed by atoms with Crippen molar-refractivity contribution in [2.24, 2.45) is 0 Å².